The molecule has 2 N–H and O–H groups in total. The Morgan fingerprint density at radius 1 is 1.41 bits per heavy atom. The number of H-pyrrole nitrogens is 1. The number of carboxylic acids is 1. The van der Waals surface area contributed by atoms with Crippen molar-refractivity contribution < 1.29 is 19.0 Å². The summed E-state index contributed by atoms with van der Waals surface area (Å²) in [6.07, 6.45) is 1.31. The number of hydrogen-bond donors (Lipinski definition) is 2. The number of hydrogen-bond acceptors (Lipinski definition) is 5. The number of aromatic nitrogens is 4. The average Bonchev–Trinajstić information content (AvgIpc) is 3.50. The lowest BCUT2D eigenvalue weighted by atomic mass is 9.80. The molecule has 5 rings (SSSR count). The lowest BCUT2D eigenvalue weighted by Crippen LogP contribution is -2.24. The third kappa shape index (κ3) is 3.42. The molecule has 1 aromatic carbocycles. The molecule has 1 unspecified atom stereocenters. The van der Waals surface area contributed by atoms with Gasteiger partial charge >= 0.3 is 5.97 Å². The number of aromatic amines is 1. The third-order valence-electron chi connectivity index (χ3n) is 6.62. The molecule has 3 aromatic heterocycles. The summed E-state index contributed by atoms with van der Waals surface area (Å²) in [6, 6.07) is 9.17. The first kappa shape index (κ1) is 22.0. The van der Waals surface area contributed by atoms with Gasteiger partial charge in [-0.15, -0.1) is 0 Å². The summed E-state index contributed by atoms with van der Waals surface area (Å²) in [5.41, 5.74) is 4.43. The second-order valence-corrected chi connectivity index (χ2v) is 9.51. The first-order valence-electron chi connectivity index (χ1n) is 11.1. The normalized spacial score (nSPS) is 18.6. The van der Waals surface area contributed by atoms with Crippen LogP contribution < -0.4 is 0 Å². The van der Waals surface area contributed by atoms with Crippen LogP contribution in [0.25, 0.3) is 27.8 Å². The molecule has 1 aliphatic heterocycles. The number of fused-ring (bicyclic) bond motifs is 2. The van der Waals surface area contributed by atoms with Crippen molar-refractivity contribution in [3.63, 3.8) is 0 Å². The predicted molar refractivity (Wildman–Crippen MR) is 123 cm³/mol. The highest BCUT2D eigenvalue weighted by molar-refractivity contribution is 5.94. The topological polar surface area (TPSA) is 117 Å². The van der Waals surface area contributed by atoms with Crippen molar-refractivity contribution in [3.8, 4) is 11.8 Å². The Hall–Kier alpha value is -3.77. The summed E-state index contributed by atoms with van der Waals surface area (Å²) in [6.45, 7) is 5.91. The van der Waals surface area contributed by atoms with Crippen LogP contribution in [0.2, 0.25) is 0 Å². The highest BCUT2D eigenvalue weighted by Crippen LogP contribution is 2.45. The zero-order valence-electron chi connectivity index (χ0n) is 19.1. The molecule has 4 aromatic rings. The lowest BCUT2D eigenvalue weighted by molar-refractivity contribution is -0.147. The molecule has 0 radical (unpaired) electrons. The number of carboxylic acid groups (broad SMARTS) is 1. The van der Waals surface area contributed by atoms with Crippen LogP contribution in [0.3, 0.4) is 0 Å². The van der Waals surface area contributed by atoms with E-state index in [1.807, 2.05) is 24.5 Å². The molecule has 0 amide bonds. The van der Waals surface area contributed by atoms with E-state index in [9.17, 15) is 19.6 Å². The molecule has 0 spiro atoms. The van der Waals surface area contributed by atoms with E-state index in [1.54, 1.807) is 25.3 Å². The summed E-state index contributed by atoms with van der Waals surface area (Å²) >= 11 is 0. The van der Waals surface area contributed by atoms with Crippen LogP contribution in [0.15, 0.2) is 30.5 Å². The van der Waals surface area contributed by atoms with Crippen molar-refractivity contribution in [3.05, 3.63) is 53.1 Å². The van der Waals surface area contributed by atoms with Crippen molar-refractivity contribution in [2.45, 2.75) is 51.0 Å². The molecule has 9 heteroatoms. The lowest BCUT2D eigenvalue weighted by Gasteiger charge is -2.27. The van der Waals surface area contributed by atoms with Gasteiger partial charge in [-0.25, -0.2) is 14.2 Å². The molecule has 1 saturated heterocycles. The molecule has 0 aliphatic carbocycles. The second kappa shape index (κ2) is 7.92. The molecule has 1 fully saturated rings. The number of nitriles is 1. The van der Waals surface area contributed by atoms with Gasteiger partial charge in [-0.1, -0.05) is 13.8 Å². The smallest absolute Gasteiger partial charge is 0.332 e. The minimum Gasteiger partial charge on any atom is -0.479 e. The van der Waals surface area contributed by atoms with E-state index in [0.29, 0.717) is 23.1 Å². The van der Waals surface area contributed by atoms with E-state index in [0.717, 1.165) is 27.8 Å². The Kier molecular flexibility index (Phi) is 5.14. The van der Waals surface area contributed by atoms with Crippen LogP contribution in [-0.4, -0.2) is 43.5 Å². The zero-order chi connectivity index (χ0) is 24.2. The molecule has 0 bridgehead atoms. The highest BCUT2D eigenvalue weighted by Gasteiger charge is 2.40. The van der Waals surface area contributed by atoms with Crippen molar-refractivity contribution in [2.75, 3.05) is 6.61 Å². The number of carbonyl (C=O) groups is 1. The van der Waals surface area contributed by atoms with Crippen LogP contribution in [-0.2, 0) is 14.9 Å². The van der Waals surface area contributed by atoms with E-state index >= 15 is 0 Å². The van der Waals surface area contributed by atoms with Gasteiger partial charge in [0.15, 0.2) is 11.8 Å². The van der Waals surface area contributed by atoms with Gasteiger partial charge in [0, 0.05) is 40.1 Å². The predicted octanol–water partition coefficient (Wildman–Crippen LogP) is 4.50. The third-order valence-corrected chi connectivity index (χ3v) is 6.62. The molecule has 2 atom stereocenters. The van der Waals surface area contributed by atoms with E-state index < -0.39 is 17.5 Å². The molecule has 0 saturated carbocycles. The van der Waals surface area contributed by atoms with Gasteiger partial charge in [0.25, 0.3) is 0 Å². The maximum atomic E-state index is 14.2. The second-order valence-electron chi connectivity index (χ2n) is 9.51. The number of ether oxygens (including phenoxy) is 1. The van der Waals surface area contributed by atoms with Gasteiger partial charge in [0.2, 0.25) is 0 Å². The quantitative estimate of drug-likeness (QED) is 0.452. The largest absolute Gasteiger partial charge is 0.479 e. The number of benzene rings is 1. The number of rotatable bonds is 5. The summed E-state index contributed by atoms with van der Waals surface area (Å²) < 4.78 is 21.8. The maximum absolute atomic E-state index is 14.2. The monoisotopic (exact) mass is 461 g/mol. The molecule has 174 valence electrons. The Labute approximate surface area is 195 Å². The zero-order valence-corrected chi connectivity index (χ0v) is 19.1. The molecule has 8 nitrogen and oxygen atoms in total. The average molecular weight is 461 g/mol. The minimum absolute atomic E-state index is 0.228. The van der Waals surface area contributed by atoms with Gasteiger partial charge in [0.05, 0.1) is 29.9 Å². The Bertz CT molecular complexity index is 1480. The highest BCUT2D eigenvalue weighted by atomic mass is 19.1. The Morgan fingerprint density at radius 3 is 2.88 bits per heavy atom. The van der Waals surface area contributed by atoms with Gasteiger partial charge < -0.3 is 14.4 Å². The van der Waals surface area contributed by atoms with Crippen molar-refractivity contribution in [2.24, 2.45) is 0 Å². The number of nitrogens with one attached hydrogen (secondary N) is 1. The van der Waals surface area contributed by atoms with E-state index in [-0.39, 0.29) is 24.8 Å². The first-order valence-corrected chi connectivity index (χ1v) is 11.1. The van der Waals surface area contributed by atoms with Crippen LogP contribution in [0.1, 0.15) is 49.4 Å². The van der Waals surface area contributed by atoms with Crippen molar-refractivity contribution in [1.29, 1.82) is 5.26 Å². The molecule has 34 heavy (non-hydrogen) atoms. The number of halogens is 1. The van der Waals surface area contributed by atoms with E-state index in [2.05, 4.69) is 16.3 Å². The standard InChI is InChI=1S/C25H24FN5O3/c1-13-8-16(4-5-17(13)26)31-18-9-14-11-28-30-23(14)29-21(18)20(22(31)25(2,3)6-7-27)15-10-19(24(32)33)34-12-15/h4-5,8-9,11,15,19H,6,10,12H2,1-3H3,(H,32,33)(H,28,29,30)/t15?,19-/m1/s1. The fourth-order valence-electron chi connectivity index (χ4n) is 4.96. The molecular weight excluding hydrogens is 437 g/mol. The van der Waals surface area contributed by atoms with Crippen LogP contribution in [0.4, 0.5) is 4.39 Å². The van der Waals surface area contributed by atoms with Gasteiger partial charge in [-0.05, 0) is 43.2 Å². The number of aryl methyl sites for hydroxylation is 1. The van der Waals surface area contributed by atoms with E-state index in [1.165, 1.54) is 6.07 Å². The minimum atomic E-state index is -0.998. The SMILES string of the molecule is Cc1cc(-n2c(C(C)(C)CC#N)c(C3CO[C@@H](C(=O)O)C3)c3nc4[nH]ncc4cc32)ccc1F. The van der Waals surface area contributed by atoms with E-state index in [4.69, 9.17) is 9.72 Å². The van der Waals surface area contributed by atoms with Gasteiger partial charge in [-0.2, -0.15) is 10.4 Å². The first-order chi connectivity index (χ1) is 16.2. The van der Waals surface area contributed by atoms with Crippen molar-refractivity contribution in [1.82, 2.24) is 19.7 Å². The fourth-order valence-corrected chi connectivity index (χ4v) is 4.96. The summed E-state index contributed by atoms with van der Waals surface area (Å²) in [4.78, 5) is 16.5. The van der Waals surface area contributed by atoms with Crippen LogP contribution in [0, 0.1) is 24.1 Å². The van der Waals surface area contributed by atoms with Crippen LogP contribution in [0.5, 0.6) is 0 Å². The number of nitrogens with zero attached hydrogens (tertiary/aromatic N) is 4. The molecule has 1 aliphatic rings. The Balaban J connectivity index is 1.89. The number of aliphatic carboxylic acids is 1. The summed E-state index contributed by atoms with van der Waals surface area (Å²) in [5.74, 6) is -1.53. The molecular formula is C25H24FN5O3. The number of pyridine rings is 1. The van der Waals surface area contributed by atoms with Crippen LogP contribution >= 0.6 is 0 Å². The Morgan fingerprint density at radius 2 is 2.21 bits per heavy atom. The fraction of sp³-hybridized carbons (Fsp3) is 0.360. The van der Waals surface area contributed by atoms with Gasteiger partial charge in [-0.3, -0.25) is 5.10 Å². The summed E-state index contributed by atoms with van der Waals surface area (Å²) in [7, 11) is 0. The van der Waals surface area contributed by atoms with Crippen molar-refractivity contribution >= 4 is 28.0 Å². The maximum Gasteiger partial charge on any atom is 0.332 e. The van der Waals surface area contributed by atoms with Gasteiger partial charge in [0.1, 0.15) is 5.82 Å². The molecule has 4 heterocycles. The summed E-state index contributed by atoms with van der Waals surface area (Å²) in [5, 5.41) is 27.0.